The van der Waals surface area contributed by atoms with Gasteiger partial charge in [-0.25, -0.2) is 0 Å². The van der Waals surface area contributed by atoms with Crippen LogP contribution in [0.2, 0.25) is 0 Å². The first-order valence-corrected chi connectivity index (χ1v) is 9.48. The maximum atomic E-state index is 10.4. The Morgan fingerprint density at radius 1 is 1.08 bits per heavy atom. The van der Waals surface area contributed by atoms with E-state index in [0.717, 1.165) is 31.7 Å². The van der Waals surface area contributed by atoms with E-state index in [9.17, 15) is 5.11 Å². The van der Waals surface area contributed by atoms with E-state index in [1.54, 1.807) is 0 Å². The number of benzene rings is 3. The molecule has 2 atom stereocenters. The Hall–Kier alpha value is -2.52. The third kappa shape index (κ3) is 3.27. The standard InChI is InChI=1S/C23H26N2O/c1-17-6-5-8-20(14-17)25-13-12-24(15-18(25)2)16-22-21-9-4-3-7-19(21)10-11-23(22)26/h3-11,14,18,26H,12-13,15-16H2,1-2H3/p+1/t18-/m0/s1. The second-order valence-corrected chi connectivity index (χ2v) is 7.55. The molecule has 3 heteroatoms. The van der Waals surface area contributed by atoms with Crippen molar-refractivity contribution in [1.29, 1.82) is 0 Å². The van der Waals surface area contributed by atoms with Crippen molar-refractivity contribution in [2.24, 2.45) is 0 Å². The lowest BCUT2D eigenvalue weighted by atomic mass is 10.0. The van der Waals surface area contributed by atoms with Crippen molar-refractivity contribution >= 4 is 16.5 Å². The van der Waals surface area contributed by atoms with Crippen molar-refractivity contribution in [3.05, 3.63) is 71.8 Å². The predicted molar refractivity (Wildman–Crippen MR) is 108 cm³/mol. The van der Waals surface area contributed by atoms with Crippen LogP contribution in [0.15, 0.2) is 60.7 Å². The van der Waals surface area contributed by atoms with Crippen molar-refractivity contribution < 1.29 is 10.0 Å². The van der Waals surface area contributed by atoms with E-state index in [0.29, 0.717) is 11.8 Å². The monoisotopic (exact) mass is 347 g/mol. The van der Waals surface area contributed by atoms with Crippen LogP contribution in [0.25, 0.3) is 10.8 Å². The van der Waals surface area contributed by atoms with Crippen molar-refractivity contribution in [1.82, 2.24) is 0 Å². The Labute approximate surface area is 155 Å². The molecule has 0 bridgehead atoms. The fourth-order valence-electron chi connectivity index (χ4n) is 4.24. The molecule has 4 rings (SSSR count). The van der Waals surface area contributed by atoms with Gasteiger partial charge in [0.05, 0.1) is 31.2 Å². The number of aromatic hydroxyl groups is 1. The Morgan fingerprint density at radius 3 is 2.73 bits per heavy atom. The number of hydrogen-bond donors (Lipinski definition) is 2. The molecule has 1 unspecified atom stereocenters. The summed E-state index contributed by atoms with van der Waals surface area (Å²) in [6.07, 6.45) is 0. The van der Waals surface area contributed by atoms with E-state index in [1.807, 2.05) is 12.1 Å². The number of piperazine rings is 1. The molecule has 2 N–H and O–H groups in total. The summed E-state index contributed by atoms with van der Waals surface area (Å²) in [5.41, 5.74) is 3.71. The second kappa shape index (κ2) is 7.00. The highest BCUT2D eigenvalue weighted by molar-refractivity contribution is 5.87. The second-order valence-electron chi connectivity index (χ2n) is 7.55. The fourth-order valence-corrected chi connectivity index (χ4v) is 4.24. The van der Waals surface area contributed by atoms with Crippen LogP contribution in [-0.2, 0) is 6.54 Å². The van der Waals surface area contributed by atoms with Crippen LogP contribution in [0.4, 0.5) is 5.69 Å². The number of nitrogens with zero attached hydrogens (tertiary/aromatic N) is 1. The molecule has 0 amide bonds. The maximum Gasteiger partial charge on any atom is 0.125 e. The van der Waals surface area contributed by atoms with Crippen molar-refractivity contribution in [2.45, 2.75) is 26.4 Å². The zero-order chi connectivity index (χ0) is 18.1. The summed E-state index contributed by atoms with van der Waals surface area (Å²) in [6, 6.07) is 21.5. The van der Waals surface area contributed by atoms with Crippen molar-refractivity contribution in [3.8, 4) is 5.75 Å². The highest BCUT2D eigenvalue weighted by Gasteiger charge is 2.28. The minimum atomic E-state index is 0.421. The molecule has 0 aliphatic carbocycles. The van der Waals surface area contributed by atoms with Crippen LogP contribution < -0.4 is 9.80 Å². The van der Waals surface area contributed by atoms with Crippen LogP contribution in [-0.4, -0.2) is 30.8 Å². The normalized spacial score (nSPS) is 20.5. The molecule has 1 fully saturated rings. The Balaban J connectivity index is 1.53. The summed E-state index contributed by atoms with van der Waals surface area (Å²) in [5, 5.41) is 12.8. The van der Waals surface area contributed by atoms with Gasteiger partial charge in [-0.2, -0.15) is 0 Å². The predicted octanol–water partition coefficient (Wildman–Crippen LogP) is 3.15. The van der Waals surface area contributed by atoms with Gasteiger partial charge in [0.15, 0.2) is 0 Å². The molecule has 3 aromatic rings. The van der Waals surface area contributed by atoms with Gasteiger partial charge < -0.3 is 14.9 Å². The average molecular weight is 347 g/mol. The van der Waals surface area contributed by atoms with Crippen LogP contribution in [0, 0.1) is 6.92 Å². The summed E-state index contributed by atoms with van der Waals surface area (Å²) in [4.78, 5) is 4.05. The smallest absolute Gasteiger partial charge is 0.125 e. The first kappa shape index (κ1) is 16.9. The van der Waals surface area contributed by atoms with Gasteiger partial charge in [0, 0.05) is 5.69 Å². The summed E-state index contributed by atoms with van der Waals surface area (Å²) < 4.78 is 0. The molecular weight excluding hydrogens is 320 g/mol. The minimum Gasteiger partial charge on any atom is -0.507 e. The summed E-state index contributed by atoms with van der Waals surface area (Å²) in [5.74, 6) is 0.421. The van der Waals surface area contributed by atoms with Gasteiger partial charge in [0.1, 0.15) is 12.3 Å². The third-order valence-electron chi connectivity index (χ3n) is 5.60. The first-order valence-electron chi connectivity index (χ1n) is 9.48. The summed E-state index contributed by atoms with van der Waals surface area (Å²) >= 11 is 0. The fraction of sp³-hybridized carbons (Fsp3) is 0.304. The van der Waals surface area contributed by atoms with Gasteiger partial charge in [-0.3, -0.25) is 0 Å². The molecule has 1 saturated heterocycles. The summed E-state index contributed by atoms with van der Waals surface area (Å²) in [6.45, 7) is 8.55. The third-order valence-corrected chi connectivity index (χ3v) is 5.60. The van der Waals surface area contributed by atoms with Crippen LogP contribution in [0.3, 0.4) is 0 Å². The van der Waals surface area contributed by atoms with E-state index in [-0.39, 0.29) is 0 Å². The van der Waals surface area contributed by atoms with Crippen LogP contribution >= 0.6 is 0 Å². The molecule has 26 heavy (non-hydrogen) atoms. The topological polar surface area (TPSA) is 27.9 Å². The summed E-state index contributed by atoms with van der Waals surface area (Å²) in [7, 11) is 0. The van der Waals surface area contributed by atoms with Crippen LogP contribution in [0.1, 0.15) is 18.1 Å². The number of rotatable bonds is 3. The lowest BCUT2D eigenvalue weighted by Crippen LogP contribution is -3.14. The molecule has 3 aromatic carbocycles. The molecule has 1 aliphatic heterocycles. The van der Waals surface area contributed by atoms with Crippen molar-refractivity contribution in [2.75, 3.05) is 24.5 Å². The van der Waals surface area contributed by atoms with Crippen molar-refractivity contribution in [3.63, 3.8) is 0 Å². The highest BCUT2D eigenvalue weighted by atomic mass is 16.3. The van der Waals surface area contributed by atoms with E-state index in [4.69, 9.17) is 0 Å². The van der Waals surface area contributed by atoms with E-state index in [2.05, 4.69) is 67.3 Å². The quantitative estimate of drug-likeness (QED) is 0.762. The molecule has 0 saturated carbocycles. The molecule has 1 heterocycles. The van der Waals surface area contributed by atoms with E-state index < -0.39 is 0 Å². The number of quaternary nitrogens is 1. The van der Waals surface area contributed by atoms with Gasteiger partial charge in [-0.05, 0) is 48.4 Å². The molecule has 0 spiro atoms. The molecule has 0 aromatic heterocycles. The molecule has 1 aliphatic rings. The number of nitrogens with one attached hydrogen (secondary N) is 1. The maximum absolute atomic E-state index is 10.4. The zero-order valence-corrected chi connectivity index (χ0v) is 15.6. The van der Waals surface area contributed by atoms with Crippen LogP contribution in [0.5, 0.6) is 5.75 Å². The zero-order valence-electron chi connectivity index (χ0n) is 15.6. The van der Waals surface area contributed by atoms with E-state index >= 15 is 0 Å². The lowest BCUT2D eigenvalue weighted by molar-refractivity contribution is -0.916. The molecular formula is C23H27N2O+. The first-order chi connectivity index (χ1) is 12.6. The Kier molecular flexibility index (Phi) is 4.56. The number of aryl methyl sites for hydroxylation is 1. The van der Waals surface area contributed by atoms with Gasteiger partial charge in [-0.1, -0.05) is 42.5 Å². The number of phenolic OH excluding ortho intramolecular Hbond substituents is 1. The minimum absolute atomic E-state index is 0.421. The Morgan fingerprint density at radius 2 is 1.92 bits per heavy atom. The SMILES string of the molecule is Cc1cccc(N2CC[NH+](Cc3c(O)ccc4ccccc34)C[C@@H]2C)c1. The number of hydrogen-bond acceptors (Lipinski definition) is 2. The number of phenols is 1. The van der Waals surface area contributed by atoms with Gasteiger partial charge in [0.2, 0.25) is 0 Å². The Bertz CT molecular complexity index is 921. The largest absolute Gasteiger partial charge is 0.507 e. The van der Waals surface area contributed by atoms with Gasteiger partial charge >= 0.3 is 0 Å². The number of anilines is 1. The van der Waals surface area contributed by atoms with Gasteiger partial charge in [-0.15, -0.1) is 0 Å². The number of fused-ring (bicyclic) bond motifs is 1. The molecule has 0 radical (unpaired) electrons. The van der Waals surface area contributed by atoms with Gasteiger partial charge in [0.25, 0.3) is 0 Å². The molecule has 3 nitrogen and oxygen atoms in total. The van der Waals surface area contributed by atoms with E-state index in [1.165, 1.54) is 26.9 Å². The highest BCUT2D eigenvalue weighted by Crippen LogP contribution is 2.26. The molecule has 134 valence electrons. The lowest BCUT2D eigenvalue weighted by Gasteiger charge is -2.39. The average Bonchev–Trinajstić information content (AvgIpc) is 2.64.